The van der Waals surface area contributed by atoms with E-state index in [1.807, 2.05) is 24.3 Å². The summed E-state index contributed by atoms with van der Waals surface area (Å²) < 4.78 is 0. The van der Waals surface area contributed by atoms with Crippen molar-refractivity contribution in [3.8, 4) is 0 Å². The SMILES string of the molecule is CC(=O)c1ccc(NNc2ccc(C(C)=O)cc2)cc1. The minimum Gasteiger partial charge on any atom is -0.301 e. The number of hydrogen-bond acceptors (Lipinski definition) is 4. The summed E-state index contributed by atoms with van der Waals surface area (Å²) in [5.41, 5.74) is 9.13. The molecule has 20 heavy (non-hydrogen) atoms. The lowest BCUT2D eigenvalue weighted by Crippen LogP contribution is -2.08. The fourth-order valence-corrected chi connectivity index (χ4v) is 1.72. The smallest absolute Gasteiger partial charge is 0.159 e. The standard InChI is InChI=1S/C16H16N2O2/c1-11(19)13-3-7-15(8-4-13)17-18-16-9-5-14(6-10-16)12(2)20/h3-10,17-18H,1-2H3. The van der Waals surface area contributed by atoms with Gasteiger partial charge in [-0.15, -0.1) is 0 Å². The fraction of sp³-hybridized carbons (Fsp3) is 0.125. The van der Waals surface area contributed by atoms with Gasteiger partial charge in [-0.2, -0.15) is 0 Å². The topological polar surface area (TPSA) is 58.2 Å². The Morgan fingerprint density at radius 3 is 1.20 bits per heavy atom. The van der Waals surface area contributed by atoms with E-state index in [1.54, 1.807) is 24.3 Å². The second-order valence-electron chi connectivity index (χ2n) is 4.52. The minimum atomic E-state index is 0.0457. The fourth-order valence-electron chi connectivity index (χ4n) is 1.72. The van der Waals surface area contributed by atoms with Crippen LogP contribution in [-0.4, -0.2) is 11.6 Å². The summed E-state index contributed by atoms with van der Waals surface area (Å²) in [4.78, 5) is 22.3. The van der Waals surface area contributed by atoms with Crippen LogP contribution in [0.2, 0.25) is 0 Å². The zero-order valence-electron chi connectivity index (χ0n) is 11.4. The van der Waals surface area contributed by atoms with E-state index in [4.69, 9.17) is 0 Å². The second-order valence-corrected chi connectivity index (χ2v) is 4.52. The van der Waals surface area contributed by atoms with Gasteiger partial charge in [0.05, 0.1) is 11.4 Å². The van der Waals surface area contributed by atoms with Crippen molar-refractivity contribution in [2.45, 2.75) is 13.8 Å². The maximum Gasteiger partial charge on any atom is 0.159 e. The van der Waals surface area contributed by atoms with Crippen molar-refractivity contribution in [3.63, 3.8) is 0 Å². The van der Waals surface area contributed by atoms with E-state index < -0.39 is 0 Å². The monoisotopic (exact) mass is 268 g/mol. The molecule has 102 valence electrons. The number of carbonyl (C=O) groups excluding carboxylic acids is 2. The number of rotatable bonds is 5. The summed E-state index contributed by atoms with van der Waals surface area (Å²) in [5, 5.41) is 0. The molecule has 2 aromatic rings. The third kappa shape index (κ3) is 3.45. The molecule has 0 aromatic heterocycles. The molecule has 0 saturated heterocycles. The van der Waals surface area contributed by atoms with Crippen molar-refractivity contribution < 1.29 is 9.59 Å². The lowest BCUT2D eigenvalue weighted by molar-refractivity contribution is 0.100. The van der Waals surface area contributed by atoms with Gasteiger partial charge in [-0.05, 0) is 62.4 Å². The van der Waals surface area contributed by atoms with E-state index in [-0.39, 0.29) is 11.6 Å². The lowest BCUT2D eigenvalue weighted by Gasteiger charge is -2.10. The molecule has 4 heteroatoms. The lowest BCUT2D eigenvalue weighted by atomic mass is 10.1. The molecule has 4 nitrogen and oxygen atoms in total. The number of nitrogens with one attached hydrogen (secondary N) is 2. The largest absolute Gasteiger partial charge is 0.301 e. The van der Waals surface area contributed by atoms with Gasteiger partial charge in [0.2, 0.25) is 0 Å². The summed E-state index contributed by atoms with van der Waals surface area (Å²) in [6.45, 7) is 3.08. The third-order valence-corrected chi connectivity index (χ3v) is 2.93. The van der Waals surface area contributed by atoms with Gasteiger partial charge in [0.15, 0.2) is 11.6 Å². The van der Waals surface area contributed by atoms with Crippen molar-refractivity contribution in [1.82, 2.24) is 0 Å². The van der Waals surface area contributed by atoms with Gasteiger partial charge in [0.25, 0.3) is 0 Å². The quantitative estimate of drug-likeness (QED) is 0.643. The molecule has 0 atom stereocenters. The van der Waals surface area contributed by atoms with Crippen LogP contribution in [0, 0.1) is 0 Å². The first kappa shape index (κ1) is 13.8. The molecule has 0 saturated carbocycles. The Morgan fingerprint density at radius 2 is 0.950 bits per heavy atom. The average Bonchev–Trinajstić information content (AvgIpc) is 2.46. The summed E-state index contributed by atoms with van der Waals surface area (Å²) in [6, 6.07) is 14.4. The van der Waals surface area contributed by atoms with Crippen LogP contribution in [0.4, 0.5) is 11.4 Å². The zero-order valence-corrected chi connectivity index (χ0v) is 11.4. The molecule has 0 heterocycles. The van der Waals surface area contributed by atoms with Crippen LogP contribution in [0.15, 0.2) is 48.5 Å². The van der Waals surface area contributed by atoms with Crippen LogP contribution in [0.25, 0.3) is 0 Å². The number of hydrazine groups is 1. The van der Waals surface area contributed by atoms with Gasteiger partial charge >= 0.3 is 0 Å². The molecule has 2 rings (SSSR count). The summed E-state index contributed by atoms with van der Waals surface area (Å²) >= 11 is 0. The van der Waals surface area contributed by atoms with Gasteiger partial charge in [-0.1, -0.05) is 0 Å². The predicted molar refractivity (Wildman–Crippen MR) is 80.1 cm³/mol. The minimum absolute atomic E-state index is 0.0457. The molecule has 0 amide bonds. The van der Waals surface area contributed by atoms with E-state index in [9.17, 15) is 9.59 Å². The van der Waals surface area contributed by atoms with Gasteiger partial charge in [0.1, 0.15) is 0 Å². The highest BCUT2D eigenvalue weighted by molar-refractivity contribution is 5.94. The van der Waals surface area contributed by atoms with E-state index in [1.165, 1.54) is 13.8 Å². The van der Waals surface area contributed by atoms with Crippen molar-refractivity contribution in [1.29, 1.82) is 0 Å². The summed E-state index contributed by atoms with van der Waals surface area (Å²) in [5.74, 6) is 0.0914. The van der Waals surface area contributed by atoms with Gasteiger partial charge in [-0.25, -0.2) is 0 Å². The Labute approximate surface area is 117 Å². The number of benzene rings is 2. The average molecular weight is 268 g/mol. The Bertz CT molecular complexity index is 558. The summed E-state index contributed by atoms with van der Waals surface area (Å²) in [7, 11) is 0. The first-order valence-electron chi connectivity index (χ1n) is 6.30. The van der Waals surface area contributed by atoms with Gasteiger partial charge in [0, 0.05) is 11.1 Å². The second kappa shape index (κ2) is 6.02. The molecule has 0 bridgehead atoms. The van der Waals surface area contributed by atoms with Crippen molar-refractivity contribution in [2.24, 2.45) is 0 Å². The van der Waals surface area contributed by atoms with Crippen LogP contribution in [0.3, 0.4) is 0 Å². The summed E-state index contributed by atoms with van der Waals surface area (Å²) in [6.07, 6.45) is 0. The third-order valence-electron chi connectivity index (χ3n) is 2.93. The van der Waals surface area contributed by atoms with E-state index in [0.29, 0.717) is 11.1 Å². The number of Topliss-reactive ketones (excluding diaryl/α,β-unsaturated/α-hetero) is 2. The van der Waals surface area contributed by atoms with Crippen molar-refractivity contribution >= 4 is 22.9 Å². The first-order chi connectivity index (χ1) is 9.56. The highest BCUT2D eigenvalue weighted by Crippen LogP contribution is 2.13. The molecule has 0 aliphatic carbocycles. The molecular weight excluding hydrogens is 252 g/mol. The Kier molecular flexibility index (Phi) is 4.15. The van der Waals surface area contributed by atoms with Crippen molar-refractivity contribution in [2.75, 3.05) is 10.9 Å². The van der Waals surface area contributed by atoms with Crippen LogP contribution < -0.4 is 10.9 Å². The number of ketones is 2. The van der Waals surface area contributed by atoms with E-state index in [2.05, 4.69) is 10.9 Å². The first-order valence-corrected chi connectivity index (χ1v) is 6.30. The molecule has 2 N–H and O–H groups in total. The molecule has 0 spiro atoms. The molecule has 2 aromatic carbocycles. The maximum absolute atomic E-state index is 11.2. The highest BCUT2D eigenvalue weighted by Gasteiger charge is 2.00. The molecule has 0 fully saturated rings. The molecule has 0 radical (unpaired) electrons. The van der Waals surface area contributed by atoms with Crippen LogP contribution >= 0.6 is 0 Å². The molecule has 0 unspecified atom stereocenters. The molecular formula is C16H16N2O2. The van der Waals surface area contributed by atoms with Crippen molar-refractivity contribution in [3.05, 3.63) is 59.7 Å². The Hall–Kier alpha value is -2.62. The van der Waals surface area contributed by atoms with E-state index in [0.717, 1.165) is 11.4 Å². The molecule has 0 aliphatic rings. The van der Waals surface area contributed by atoms with Crippen LogP contribution in [0.1, 0.15) is 34.6 Å². The zero-order chi connectivity index (χ0) is 14.5. The normalized spacial score (nSPS) is 9.90. The van der Waals surface area contributed by atoms with Gasteiger partial charge < -0.3 is 10.9 Å². The highest BCUT2D eigenvalue weighted by atomic mass is 16.1. The predicted octanol–water partition coefficient (Wildman–Crippen LogP) is 3.53. The molecule has 0 aliphatic heterocycles. The van der Waals surface area contributed by atoms with Gasteiger partial charge in [-0.3, -0.25) is 9.59 Å². The Balaban J connectivity index is 1.97. The van der Waals surface area contributed by atoms with E-state index >= 15 is 0 Å². The Morgan fingerprint density at radius 1 is 0.650 bits per heavy atom. The maximum atomic E-state index is 11.2. The van der Waals surface area contributed by atoms with Crippen LogP contribution in [-0.2, 0) is 0 Å². The van der Waals surface area contributed by atoms with Crippen LogP contribution in [0.5, 0.6) is 0 Å². The number of carbonyl (C=O) groups is 2. The number of hydrogen-bond donors (Lipinski definition) is 2. The number of anilines is 2.